The van der Waals surface area contributed by atoms with E-state index in [1.807, 2.05) is 48.7 Å². The van der Waals surface area contributed by atoms with Gasteiger partial charge in [-0.2, -0.15) is 0 Å². The standard InChI is InChI=1S/C22H22ClN3O/c23-20-8-2-1-6-18(20)13-19-7-3-9-21(25-19)22-16-26(11-12-27-22)15-17-5-4-10-24-14-17/h1-10,14,22H,11-13,15-16H2/t22-/m0/s1. The highest BCUT2D eigenvalue weighted by Crippen LogP contribution is 2.23. The van der Waals surface area contributed by atoms with Gasteiger partial charge in [0.1, 0.15) is 6.10 Å². The molecule has 2 aromatic heterocycles. The summed E-state index contributed by atoms with van der Waals surface area (Å²) in [6.07, 6.45) is 4.44. The summed E-state index contributed by atoms with van der Waals surface area (Å²) < 4.78 is 6.02. The van der Waals surface area contributed by atoms with Crippen LogP contribution in [0.1, 0.15) is 28.6 Å². The summed E-state index contributed by atoms with van der Waals surface area (Å²) in [7, 11) is 0. The number of benzene rings is 1. The van der Waals surface area contributed by atoms with Crippen molar-refractivity contribution in [2.24, 2.45) is 0 Å². The Morgan fingerprint density at radius 1 is 1.07 bits per heavy atom. The highest BCUT2D eigenvalue weighted by Gasteiger charge is 2.23. The van der Waals surface area contributed by atoms with Crippen LogP contribution in [0.15, 0.2) is 67.0 Å². The molecule has 3 aromatic rings. The smallest absolute Gasteiger partial charge is 0.112 e. The zero-order valence-electron chi connectivity index (χ0n) is 15.1. The van der Waals surface area contributed by atoms with Gasteiger partial charge in [-0.15, -0.1) is 0 Å². The van der Waals surface area contributed by atoms with Crippen molar-refractivity contribution in [3.05, 3.63) is 94.5 Å². The Labute approximate surface area is 164 Å². The number of ether oxygens (including phenoxy) is 1. The number of rotatable bonds is 5. The fraction of sp³-hybridized carbons (Fsp3) is 0.273. The van der Waals surface area contributed by atoms with Crippen molar-refractivity contribution in [2.75, 3.05) is 19.7 Å². The molecule has 1 atom stereocenters. The Morgan fingerprint density at radius 3 is 2.85 bits per heavy atom. The monoisotopic (exact) mass is 379 g/mol. The van der Waals surface area contributed by atoms with Crippen molar-refractivity contribution in [2.45, 2.75) is 19.1 Å². The molecule has 27 heavy (non-hydrogen) atoms. The molecule has 0 radical (unpaired) electrons. The number of pyridine rings is 2. The van der Waals surface area contributed by atoms with Gasteiger partial charge in [0.15, 0.2) is 0 Å². The van der Waals surface area contributed by atoms with E-state index < -0.39 is 0 Å². The molecule has 1 aliphatic heterocycles. The van der Waals surface area contributed by atoms with Crippen molar-refractivity contribution in [3.63, 3.8) is 0 Å². The van der Waals surface area contributed by atoms with E-state index in [9.17, 15) is 0 Å². The van der Waals surface area contributed by atoms with Gasteiger partial charge in [0.25, 0.3) is 0 Å². The first kappa shape index (κ1) is 18.1. The Bertz CT molecular complexity index is 887. The van der Waals surface area contributed by atoms with Crippen LogP contribution in [0.2, 0.25) is 5.02 Å². The third-order valence-electron chi connectivity index (χ3n) is 4.77. The summed E-state index contributed by atoms with van der Waals surface area (Å²) in [5, 5.41) is 0.779. The van der Waals surface area contributed by atoms with Crippen LogP contribution >= 0.6 is 11.6 Å². The number of aromatic nitrogens is 2. The fourth-order valence-electron chi connectivity index (χ4n) is 3.39. The van der Waals surface area contributed by atoms with Gasteiger partial charge in [-0.1, -0.05) is 41.9 Å². The maximum atomic E-state index is 6.29. The molecule has 4 rings (SSSR count). The Kier molecular flexibility index (Phi) is 5.78. The van der Waals surface area contributed by atoms with E-state index in [-0.39, 0.29) is 6.10 Å². The van der Waals surface area contributed by atoms with Crippen LogP contribution in [0.4, 0.5) is 0 Å². The van der Waals surface area contributed by atoms with Crippen LogP contribution in [-0.4, -0.2) is 34.6 Å². The fourth-order valence-corrected chi connectivity index (χ4v) is 3.59. The van der Waals surface area contributed by atoms with Gasteiger partial charge < -0.3 is 4.74 Å². The number of hydrogen-bond donors (Lipinski definition) is 0. The van der Waals surface area contributed by atoms with E-state index in [1.165, 1.54) is 5.56 Å². The molecule has 1 aromatic carbocycles. The van der Waals surface area contributed by atoms with E-state index in [0.717, 1.165) is 48.0 Å². The van der Waals surface area contributed by atoms with Crippen LogP contribution in [0, 0.1) is 0 Å². The summed E-state index contributed by atoms with van der Waals surface area (Å²) in [4.78, 5) is 11.5. The second-order valence-electron chi connectivity index (χ2n) is 6.78. The van der Waals surface area contributed by atoms with Crippen molar-refractivity contribution < 1.29 is 4.74 Å². The van der Waals surface area contributed by atoms with Gasteiger partial charge in [-0.3, -0.25) is 14.9 Å². The Balaban J connectivity index is 1.45. The van der Waals surface area contributed by atoms with Crippen LogP contribution in [0.5, 0.6) is 0 Å². The molecule has 0 N–H and O–H groups in total. The molecule has 0 aliphatic carbocycles. The van der Waals surface area contributed by atoms with E-state index in [0.29, 0.717) is 6.61 Å². The average molecular weight is 380 g/mol. The molecule has 3 heterocycles. The molecule has 1 saturated heterocycles. The Morgan fingerprint density at radius 2 is 2.00 bits per heavy atom. The normalized spacial score (nSPS) is 17.7. The predicted molar refractivity (Wildman–Crippen MR) is 107 cm³/mol. The van der Waals surface area contributed by atoms with E-state index in [4.69, 9.17) is 21.3 Å². The third kappa shape index (κ3) is 4.72. The molecule has 4 nitrogen and oxygen atoms in total. The quantitative estimate of drug-likeness (QED) is 0.662. The summed E-state index contributed by atoms with van der Waals surface area (Å²) in [5.74, 6) is 0. The number of nitrogens with zero attached hydrogens (tertiary/aromatic N) is 3. The van der Waals surface area contributed by atoms with E-state index in [2.05, 4.69) is 22.0 Å². The minimum absolute atomic E-state index is 0.0124. The summed E-state index contributed by atoms with van der Waals surface area (Å²) in [6.45, 7) is 3.34. The first-order chi connectivity index (χ1) is 13.3. The maximum Gasteiger partial charge on any atom is 0.112 e. The molecule has 5 heteroatoms. The topological polar surface area (TPSA) is 38.2 Å². The van der Waals surface area contributed by atoms with Crippen LogP contribution in [0.25, 0.3) is 0 Å². The third-order valence-corrected chi connectivity index (χ3v) is 5.14. The van der Waals surface area contributed by atoms with Crippen molar-refractivity contribution in [1.29, 1.82) is 0 Å². The van der Waals surface area contributed by atoms with Gasteiger partial charge >= 0.3 is 0 Å². The highest BCUT2D eigenvalue weighted by atomic mass is 35.5. The maximum absolute atomic E-state index is 6.29. The van der Waals surface area contributed by atoms with E-state index in [1.54, 1.807) is 6.20 Å². The van der Waals surface area contributed by atoms with Gasteiger partial charge in [0.2, 0.25) is 0 Å². The van der Waals surface area contributed by atoms with Crippen molar-refractivity contribution in [1.82, 2.24) is 14.9 Å². The molecule has 0 unspecified atom stereocenters. The summed E-state index contributed by atoms with van der Waals surface area (Å²) >= 11 is 6.29. The lowest BCUT2D eigenvalue weighted by molar-refractivity contribution is -0.0350. The van der Waals surface area contributed by atoms with E-state index >= 15 is 0 Å². The average Bonchev–Trinajstić information content (AvgIpc) is 2.71. The molecular formula is C22H22ClN3O. The minimum Gasteiger partial charge on any atom is -0.369 e. The Hall–Kier alpha value is -2.27. The lowest BCUT2D eigenvalue weighted by atomic mass is 10.1. The van der Waals surface area contributed by atoms with Crippen LogP contribution in [0.3, 0.4) is 0 Å². The van der Waals surface area contributed by atoms with Crippen LogP contribution in [-0.2, 0) is 17.7 Å². The number of halogens is 1. The molecular weight excluding hydrogens is 358 g/mol. The second-order valence-corrected chi connectivity index (χ2v) is 7.18. The first-order valence-electron chi connectivity index (χ1n) is 9.20. The van der Waals surface area contributed by atoms with Gasteiger partial charge in [-0.05, 0) is 35.4 Å². The van der Waals surface area contributed by atoms with Gasteiger partial charge in [-0.25, -0.2) is 0 Å². The SMILES string of the molecule is Clc1ccccc1Cc1cccc([C@@H]2CN(Cc3cccnc3)CCO2)n1. The summed E-state index contributed by atoms with van der Waals surface area (Å²) in [5.41, 5.74) is 4.30. The van der Waals surface area contributed by atoms with Gasteiger partial charge in [0, 0.05) is 49.2 Å². The molecule has 0 amide bonds. The largest absolute Gasteiger partial charge is 0.369 e. The molecule has 138 valence electrons. The zero-order valence-corrected chi connectivity index (χ0v) is 15.8. The zero-order chi connectivity index (χ0) is 18.5. The molecule has 0 spiro atoms. The molecule has 0 bridgehead atoms. The lowest BCUT2D eigenvalue weighted by Crippen LogP contribution is -2.38. The first-order valence-corrected chi connectivity index (χ1v) is 9.58. The molecule has 0 saturated carbocycles. The molecule has 1 fully saturated rings. The number of morpholine rings is 1. The van der Waals surface area contributed by atoms with Gasteiger partial charge in [0.05, 0.1) is 12.3 Å². The van der Waals surface area contributed by atoms with Crippen LogP contribution < -0.4 is 0 Å². The van der Waals surface area contributed by atoms with Crippen molar-refractivity contribution >= 4 is 11.6 Å². The highest BCUT2D eigenvalue weighted by molar-refractivity contribution is 6.31. The number of hydrogen-bond acceptors (Lipinski definition) is 4. The second kappa shape index (κ2) is 8.61. The lowest BCUT2D eigenvalue weighted by Gasteiger charge is -2.32. The molecule has 1 aliphatic rings. The minimum atomic E-state index is -0.0124. The predicted octanol–water partition coefficient (Wildman–Crippen LogP) is 4.29. The van der Waals surface area contributed by atoms with Crippen molar-refractivity contribution in [3.8, 4) is 0 Å². The summed E-state index contributed by atoms with van der Waals surface area (Å²) in [6, 6.07) is 18.2.